The molecule has 1 aromatic heterocycles. The number of anilines is 1. The Bertz CT molecular complexity index is 350. The van der Waals surface area contributed by atoms with E-state index in [-0.39, 0.29) is 12.0 Å². The van der Waals surface area contributed by atoms with Crippen molar-refractivity contribution in [3.05, 3.63) is 18.3 Å². The lowest BCUT2D eigenvalue weighted by molar-refractivity contribution is 0.143. The molecule has 5 nitrogen and oxygen atoms in total. The summed E-state index contributed by atoms with van der Waals surface area (Å²) in [5, 5.41) is 12.6. The van der Waals surface area contributed by atoms with E-state index in [9.17, 15) is 5.11 Å². The standard InChI is InChI=1S/C14H24N2O3/c1-4-14(2,11-17)10-16-12-5-6-13(15-9-12)19-8-7-18-3/h5-6,9,16-17H,4,7-8,10-11H2,1-3H3. The molecule has 0 aromatic carbocycles. The first-order valence-corrected chi connectivity index (χ1v) is 6.56. The minimum atomic E-state index is -0.104. The number of hydrogen-bond donors (Lipinski definition) is 2. The zero-order chi connectivity index (χ0) is 14.1. The van der Waals surface area contributed by atoms with Crippen molar-refractivity contribution in [3.8, 4) is 5.88 Å². The first-order valence-electron chi connectivity index (χ1n) is 6.56. The van der Waals surface area contributed by atoms with Gasteiger partial charge in [0.1, 0.15) is 6.61 Å². The maximum absolute atomic E-state index is 9.34. The second-order valence-electron chi connectivity index (χ2n) is 4.90. The topological polar surface area (TPSA) is 63.6 Å². The third-order valence-corrected chi connectivity index (χ3v) is 3.23. The van der Waals surface area contributed by atoms with Crippen molar-refractivity contribution < 1.29 is 14.6 Å². The molecular weight excluding hydrogens is 244 g/mol. The summed E-state index contributed by atoms with van der Waals surface area (Å²) in [5.74, 6) is 0.586. The van der Waals surface area contributed by atoms with Gasteiger partial charge < -0.3 is 19.9 Å². The van der Waals surface area contributed by atoms with Gasteiger partial charge in [-0.3, -0.25) is 0 Å². The summed E-state index contributed by atoms with van der Waals surface area (Å²) in [5.41, 5.74) is 0.820. The summed E-state index contributed by atoms with van der Waals surface area (Å²) in [6.07, 6.45) is 2.65. The van der Waals surface area contributed by atoms with Gasteiger partial charge in [-0.25, -0.2) is 4.98 Å². The van der Waals surface area contributed by atoms with Crippen molar-refractivity contribution in [2.24, 2.45) is 5.41 Å². The number of hydrogen-bond acceptors (Lipinski definition) is 5. The van der Waals surface area contributed by atoms with Crippen LogP contribution >= 0.6 is 0 Å². The van der Waals surface area contributed by atoms with Crippen LogP contribution in [-0.2, 0) is 4.74 Å². The van der Waals surface area contributed by atoms with Crippen LogP contribution in [0.15, 0.2) is 18.3 Å². The normalized spacial score (nSPS) is 13.9. The van der Waals surface area contributed by atoms with Gasteiger partial charge in [0.15, 0.2) is 0 Å². The van der Waals surface area contributed by atoms with Crippen molar-refractivity contribution in [1.29, 1.82) is 0 Å². The molecule has 0 saturated heterocycles. The van der Waals surface area contributed by atoms with Crippen LogP contribution in [0.1, 0.15) is 20.3 Å². The molecule has 0 radical (unpaired) electrons. The van der Waals surface area contributed by atoms with Crippen LogP contribution in [0.25, 0.3) is 0 Å². The Morgan fingerprint density at radius 2 is 2.16 bits per heavy atom. The SMILES string of the molecule is CCC(C)(CO)CNc1ccc(OCCOC)nc1. The van der Waals surface area contributed by atoms with E-state index in [2.05, 4.69) is 24.1 Å². The highest BCUT2D eigenvalue weighted by molar-refractivity contribution is 5.42. The highest BCUT2D eigenvalue weighted by Crippen LogP contribution is 2.21. The number of pyridine rings is 1. The van der Waals surface area contributed by atoms with Gasteiger partial charge in [-0.2, -0.15) is 0 Å². The number of rotatable bonds is 9. The van der Waals surface area contributed by atoms with Crippen LogP contribution in [0.2, 0.25) is 0 Å². The highest BCUT2D eigenvalue weighted by atomic mass is 16.5. The van der Waals surface area contributed by atoms with Crippen LogP contribution in [0.3, 0.4) is 0 Å². The van der Waals surface area contributed by atoms with Gasteiger partial charge in [0.05, 0.1) is 25.1 Å². The molecule has 1 rings (SSSR count). The molecule has 108 valence electrons. The number of ether oxygens (including phenoxy) is 2. The number of nitrogens with one attached hydrogen (secondary N) is 1. The molecule has 2 N–H and O–H groups in total. The first kappa shape index (κ1) is 15.7. The monoisotopic (exact) mass is 268 g/mol. The third kappa shape index (κ3) is 5.44. The summed E-state index contributed by atoms with van der Waals surface area (Å²) in [4.78, 5) is 4.20. The van der Waals surface area contributed by atoms with Gasteiger partial charge in [0.2, 0.25) is 5.88 Å². The highest BCUT2D eigenvalue weighted by Gasteiger charge is 2.20. The number of aliphatic hydroxyl groups is 1. The quantitative estimate of drug-likeness (QED) is 0.670. The molecular formula is C14H24N2O3. The van der Waals surface area contributed by atoms with E-state index < -0.39 is 0 Å². The number of aliphatic hydroxyl groups excluding tert-OH is 1. The van der Waals surface area contributed by atoms with Crippen LogP contribution in [-0.4, -0.2) is 43.6 Å². The van der Waals surface area contributed by atoms with Gasteiger partial charge in [-0.05, 0) is 12.5 Å². The van der Waals surface area contributed by atoms with Crippen molar-refractivity contribution in [2.75, 3.05) is 38.8 Å². The lowest BCUT2D eigenvalue weighted by atomic mass is 9.88. The molecule has 1 atom stereocenters. The molecule has 0 saturated carbocycles. The number of aromatic nitrogens is 1. The zero-order valence-electron chi connectivity index (χ0n) is 12.0. The maximum Gasteiger partial charge on any atom is 0.213 e. The minimum absolute atomic E-state index is 0.104. The van der Waals surface area contributed by atoms with E-state index in [1.807, 2.05) is 12.1 Å². The largest absolute Gasteiger partial charge is 0.475 e. The van der Waals surface area contributed by atoms with Gasteiger partial charge in [0.25, 0.3) is 0 Å². The Hall–Kier alpha value is -1.33. The summed E-state index contributed by atoms with van der Waals surface area (Å²) in [6, 6.07) is 3.74. The Kier molecular flexibility index (Phi) is 6.59. The lowest BCUT2D eigenvalue weighted by Crippen LogP contribution is -2.29. The molecule has 0 spiro atoms. The Balaban J connectivity index is 2.43. The fourth-order valence-corrected chi connectivity index (χ4v) is 1.41. The second-order valence-corrected chi connectivity index (χ2v) is 4.90. The van der Waals surface area contributed by atoms with Crippen molar-refractivity contribution in [2.45, 2.75) is 20.3 Å². The Labute approximate surface area is 115 Å². The summed E-state index contributed by atoms with van der Waals surface area (Å²) >= 11 is 0. The zero-order valence-corrected chi connectivity index (χ0v) is 12.0. The van der Waals surface area contributed by atoms with Crippen molar-refractivity contribution >= 4 is 5.69 Å². The molecule has 5 heteroatoms. The third-order valence-electron chi connectivity index (χ3n) is 3.23. The van der Waals surface area contributed by atoms with Crippen LogP contribution in [0.5, 0.6) is 5.88 Å². The molecule has 0 aliphatic rings. The molecule has 1 aromatic rings. The van der Waals surface area contributed by atoms with E-state index in [0.717, 1.165) is 12.1 Å². The second kappa shape index (κ2) is 7.96. The Morgan fingerprint density at radius 1 is 1.37 bits per heavy atom. The van der Waals surface area contributed by atoms with Crippen LogP contribution < -0.4 is 10.1 Å². The average Bonchev–Trinajstić information content (AvgIpc) is 2.46. The number of methoxy groups -OCH3 is 1. The summed E-state index contributed by atoms with van der Waals surface area (Å²) < 4.78 is 10.3. The molecule has 0 aliphatic carbocycles. The molecule has 0 amide bonds. The minimum Gasteiger partial charge on any atom is -0.475 e. The maximum atomic E-state index is 9.34. The fourth-order valence-electron chi connectivity index (χ4n) is 1.41. The van der Waals surface area contributed by atoms with Gasteiger partial charge in [-0.1, -0.05) is 13.8 Å². The van der Waals surface area contributed by atoms with E-state index in [4.69, 9.17) is 9.47 Å². The van der Waals surface area contributed by atoms with Crippen molar-refractivity contribution in [1.82, 2.24) is 4.98 Å². The van der Waals surface area contributed by atoms with Gasteiger partial charge in [0, 0.05) is 25.1 Å². The van der Waals surface area contributed by atoms with Crippen molar-refractivity contribution in [3.63, 3.8) is 0 Å². The van der Waals surface area contributed by atoms with E-state index >= 15 is 0 Å². The average molecular weight is 268 g/mol. The molecule has 1 heterocycles. The predicted octanol–water partition coefficient (Wildman–Crippen LogP) is 1.93. The van der Waals surface area contributed by atoms with E-state index in [1.165, 1.54) is 0 Å². The lowest BCUT2D eigenvalue weighted by Gasteiger charge is -2.26. The number of nitrogens with zero attached hydrogens (tertiary/aromatic N) is 1. The molecule has 0 aliphatic heterocycles. The fraction of sp³-hybridized carbons (Fsp3) is 0.643. The van der Waals surface area contributed by atoms with Crippen LogP contribution in [0, 0.1) is 5.41 Å². The van der Waals surface area contributed by atoms with E-state index in [1.54, 1.807) is 13.3 Å². The predicted molar refractivity (Wildman–Crippen MR) is 75.6 cm³/mol. The molecule has 19 heavy (non-hydrogen) atoms. The first-order chi connectivity index (χ1) is 9.13. The Morgan fingerprint density at radius 3 is 2.68 bits per heavy atom. The smallest absolute Gasteiger partial charge is 0.213 e. The molecule has 0 fully saturated rings. The van der Waals surface area contributed by atoms with Crippen LogP contribution in [0.4, 0.5) is 5.69 Å². The van der Waals surface area contributed by atoms with Gasteiger partial charge >= 0.3 is 0 Å². The summed E-state index contributed by atoms with van der Waals surface area (Å²) in [6.45, 7) is 6.05. The molecule has 0 bridgehead atoms. The van der Waals surface area contributed by atoms with Gasteiger partial charge in [-0.15, -0.1) is 0 Å². The summed E-state index contributed by atoms with van der Waals surface area (Å²) in [7, 11) is 1.63. The molecule has 1 unspecified atom stereocenters. The van der Waals surface area contributed by atoms with E-state index in [0.29, 0.717) is 25.6 Å².